The van der Waals surface area contributed by atoms with Gasteiger partial charge in [0.2, 0.25) is 0 Å². The first-order valence-corrected chi connectivity index (χ1v) is 11.1. The number of carbonyl (C=O) groups is 1. The lowest BCUT2D eigenvalue weighted by Gasteiger charge is -2.38. The van der Waals surface area contributed by atoms with Gasteiger partial charge >= 0.3 is 12.1 Å². The Bertz CT molecular complexity index is 1110. The summed E-state index contributed by atoms with van der Waals surface area (Å²) in [6.45, 7) is 2.93. The average Bonchev–Trinajstić information content (AvgIpc) is 3.25. The molecule has 0 spiro atoms. The number of carboxylic acids is 1. The van der Waals surface area contributed by atoms with E-state index in [0.717, 1.165) is 43.9 Å². The van der Waals surface area contributed by atoms with Gasteiger partial charge in [0.15, 0.2) is 0 Å². The molecular weight excluding hydrogens is 464 g/mol. The van der Waals surface area contributed by atoms with E-state index in [1.807, 2.05) is 30.1 Å². The molecule has 188 valence electrons. The second kappa shape index (κ2) is 11.4. The molecule has 0 radical (unpaired) electrons. The average molecular weight is 493 g/mol. The minimum Gasteiger partial charge on any atom is -0.475 e. The van der Waals surface area contributed by atoms with E-state index in [2.05, 4.69) is 52.3 Å². The maximum atomic E-state index is 13.2. The van der Waals surface area contributed by atoms with Gasteiger partial charge in [-0.1, -0.05) is 24.3 Å². The second-order valence-corrected chi connectivity index (χ2v) is 8.41. The van der Waals surface area contributed by atoms with Gasteiger partial charge in [0.25, 0.3) is 0 Å². The molecule has 0 bridgehead atoms. The van der Waals surface area contributed by atoms with Crippen molar-refractivity contribution in [3.8, 4) is 11.3 Å². The van der Waals surface area contributed by atoms with Crippen LogP contribution in [0.15, 0.2) is 60.8 Å². The van der Waals surface area contributed by atoms with Gasteiger partial charge in [-0.05, 0) is 55.8 Å². The third-order valence-corrected chi connectivity index (χ3v) is 6.06. The number of anilines is 1. The topological polar surface area (TPSA) is 61.6 Å². The number of aryl methyl sites for hydroxylation is 1. The van der Waals surface area contributed by atoms with Crippen LogP contribution >= 0.6 is 0 Å². The second-order valence-electron chi connectivity index (χ2n) is 8.41. The highest BCUT2D eigenvalue weighted by atomic mass is 19.4. The molecule has 4 rings (SSSR count). The number of nitrogens with zero attached hydrogens (tertiary/aromatic N) is 4. The van der Waals surface area contributed by atoms with Gasteiger partial charge in [0.1, 0.15) is 5.82 Å². The highest BCUT2D eigenvalue weighted by molar-refractivity contribution is 5.73. The molecule has 0 saturated carbocycles. The molecule has 6 nitrogen and oxygen atoms in total. The van der Waals surface area contributed by atoms with Crippen molar-refractivity contribution in [1.29, 1.82) is 0 Å². The Balaban J connectivity index is 0.000000429. The van der Waals surface area contributed by atoms with Crippen LogP contribution in [-0.2, 0) is 18.4 Å². The number of rotatable bonds is 5. The molecule has 1 N–H and O–H groups in total. The van der Waals surface area contributed by atoms with E-state index in [1.165, 1.54) is 11.1 Å². The molecule has 2 heterocycles. The normalized spacial score (nSPS) is 14.5. The van der Waals surface area contributed by atoms with E-state index in [-0.39, 0.29) is 5.82 Å². The largest absolute Gasteiger partial charge is 0.490 e. The van der Waals surface area contributed by atoms with Crippen LogP contribution in [0.4, 0.5) is 23.2 Å². The summed E-state index contributed by atoms with van der Waals surface area (Å²) in [6, 6.07) is 18.1. The Labute approximate surface area is 201 Å². The van der Waals surface area contributed by atoms with Crippen molar-refractivity contribution in [2.45, 2.75) is 31.6 Å². The van der Waals surface area contributed by atoms with Crippen molar-refractivity contribution < 1.29 is 27.5 Å². The minimum absolute atomic E-state index is 0.176. The molecule has 1 saturated heterocycles. The van der Waals surface area contributed by atoms with E-state index in [1.54, 1.807) is 12.1 Å². The number of carboxylic acid groups (broad SMARTS) is 1. The van der Waals surface area contributed by atoms with Gasteiger partial charge in [0.05, 0.1) is 5.69 Å². The summed E-state index contributed by atoms with van der Waals surface area (Å²) in [5.41, 5.74) is 4.84. The molecule has 1 fully saturated rings. The van der Waals surface area contributed by atoms with E-state index in [0.29, 0.717) is 6.04 Å². The van der Waals surface area contributed by atoms with Gasteiger partial charge in [-0.3, -0.25) is 9.58 Å². The fourth-order valence-corrected chi connectivity index (χ4v) is 4.16. The zero-order valence-corrected chi connectivity index (χ0v) is 19.5. The van der Waals surface area contributed by atoms with Crippen LogP contribution in [0, 0.1) is 5.82 Å². The fraction of sp³-hybridized carbons (Fsp3) is 0.360. The molecule has 2 aromatic carbocycles. The molecule has 1 aliphatic rings. The lowest BCUT2D eigenvalue weighted by Crippen LogP contribution is -2.43. The number of hydrogen-bond donors (Lipinski definition) is 1. The van der Waals surface area contributed by atoms with Crippen LogP contribution in [-0.4, -0.2) is 58.1 Å². The van der Waals surface area contributed by atoms with E-state index in [9.17, 15) is 17.6 Å². The number of aliphatic carboxylic acids is 1. The highest BCUT2D eigenvalue weighted by Gasteiger charge is 2.38. The lowest BCUT2D eigenvalue weighted by molar-refractivity contribution is -0.192. The van der Waals surface area contributed by atoms with Crippen molar-refractivity contribution in [3.05, 3.63) is 72.2 Å². The van der Waals surface area contributed by atoms with Crippen molar-refractivity contribution in [2.75, 3.05) is 25.0 Å². The number of hydrogen-bond acceptors (Lipinski definition) is 4. The van der Waals surface area contributed by atoms with Crippen LogP contribution in [0.25, 0.3) is 11.3 Å². The lowest BCUT2D eigenvalue weighted by atomic mass is 10.00. The van der Waals surface area contributed by atoms with E-state index >= 15 is 0 Å². The monoisotopic (exact) mass is 492 g/mol. The Morgan fingerprint density at radius 1 is 1.09 bits per heavy atom. The van der Waals surface area contributed by atoms with Crippen LogP contribution in [0.2, 0.25) is 0 Å². The molecule has 0 amide bonds. The van der Waals surface area contributed by atoms with Crippen LogP contribution in [0.5, 0.6) is 0 Å². The predicted octanol–water partition coefficient (Wildman–Crippen LogP) is 4.96. The summed E-state index contributed by atoms with van der Waals surface area (Å²) in [4.78, 5) is 13.7. The standard InChI is InChI=1S/C23H27FN4.C2HF3O2/c1-26(17-18-5-3-4-6-22(18)23-11-14-25-27(23)2)20-12-15-28(16-13-20)21-9-7-19(24)8-10-21;3-2(4,5)1(6)7/h3-11,14,20H,12-13,15-17H2,1-2H3;(H,6,7). The maximum absolute atomic E-state index is 13.2. The Hall–Kier alpha value is -3.40. The third kappa shape index (κ3) is 7.05. The van der Waals surface area contributed by atoms with Gasteiger partial charge in [-0.2, -0.15) is 18.3 Å². The molecule has 0 aliphatic carbocycles. The molecule has 35 heavy (non-hydrogen) atoms. The Kier molecular flexibility index (Phi) is 8.50. The van der Waals surface area contributed by atoms with Crippen molar-refractivity contribution >= 4 is 11.7 Å². The molecule has 1 aromatic heterocycles. The zero-order valence-electron chi connectivity index (χ0n) is 19.5. The quantitative estimate of drug-likeness (QED) is 0.510. The molecular formula is C25H28F4N4O2. The van der Waals surface area contributed by atoms with Gasteiger partial charge in [-0.25, -0.2) is 9.18 Å². The first-order chi connectivity index (χ1) is 16.6. The number of alkyl halides is 3. The van der Waals surface area contributed by atoms with Crippen LogP contribution in [0.3, 0.4) is 0 Å². The summed E-state index contributed by atoms with van der Waals surface area (Å²) in [7, 11) is 4.21. The summed E-state index contributed by atoms with van der Waals surface area (Å²) < 4.78 is 46.8. The number of piperidine rings is 1. The number of halogens is 4. The van der Waals surface area contributed by atoms with Gasteiger partial charge in [-0.15, -0.1) is 0 Å². The molecule has 3 aromatic rings. The molecule has 1 aliphatic heterocycles. The molecule has 10 heteroatoms. The smallest absolute Gasteiger partial charge is 0.475 e. The van der Waals surface area contributed by atoms with Crippen molar-refractivity contribution in [1.82, 2.24) is 14.7 Å². The van der Waals surface area contributed by atoms with Gasteiger partial charge < -0.3 is 10.0 Å². The summed E-state index contributed by atoms with van der Waals surface area (Å²) in [6.07, 6.45) is -1.01. The SMILES string of the molecule is CN(Cc1ccccc1-c1ccnn1C)C1CCN(c2ccc(F)cc2)CC1.O=C(O)C(F)(F)F. The Morgan fingerprint density at radius 3 is 2.23 bits per heavy atom. The fourth-order valence-electron chi connectivity index (χ4n) is 4.16. The first kappa shape index (κ1) is 26.2. The zero-order chi connectivity index (χ0) is 25.6. The van der Waals surface area contributed by atoms with Crippen LogP contribution < -0.4 is 4.90 Å². The predicted molar refractivity (Wildman–Crippen MR) is 125 cm³/mol. The Morgan fingerprint density at radius 2 is 1.69 bits per heavy atom. The molecule has 0 unspecified atom stereocenters. The van der Waals surface area contributed by atoms with E-state index in [4.69, 9.17) is 9.90 Å². The number of benzene rings is 2. The highest BCUT2D eigenvalue weighted by Crippen LogP contribution is 2.27. The maximum Gasteiger partial charge on any atom is 0.490 e. The third-order valence-electron chi connectivity index (χ3n) is 6.06. The summed E-state index contributed by atoms with van der Waals surface area (Å²) >= 11 is 0. The molecule has 0 atom stereocenters. The van der Waals surface area contributed by atoms with E-state index < -0.39 is 12.1 Å². The summed E-state index contributed by atoms with van der Waals surface area (Å²) in [5.74, 6) is -2.93. The van der Waals surface area contributed by atoms with Crippen molar-refractivity contribution in [2.24, 2.45) is 7.05 Å². The van der Waals surface area contributed by atoms with Crippen LogP contribution in [0.1, 0.15) is 18.4 Å². The summed E-state index contributed by atoms with van der Waals surface area (Å²) in [5, 5.41) is 11.4. The minimum atomic E-state index is -5.08. The van der Waals surface area contributed by atoms with Crippen molar-refractivity contribution in [3.63, 3.8) is 0 Å². The first-order valence-electron chi connectivity index (χ1n) is 11.1. The number of aromatic nitrogens is 2. The van der Waals surface area contributed by atoms with Gasteiger partial charge in [0, 0.05) is 50.2 Å².